The fourth-order valence-electron chi connectivity index (χ4n) is 4.47. The lowest BCUT2D eigenvalue weighted by atomic mass is 9.76. The van der Waals surface area contributed by atoms with Crippen LogP contribution in [-0.2, 0) is 23.2 Å². The van der Waals surface area contributed by atoms with Crippen molar-refractivity contribution in [3.63, 3.8) is 0 Å². The molecule has 0 radical (unpaired) electrons. The molecule has 1 heterocycles. The number of ether oxygens (including phenoxy) is 1. The summed E-state index contributed by atoms with van der Waals surface area (Å²) in [5.74, 6) is 0. The standard InChI is InChI=1S/C22H25NO2/c24-21(25-17-18-7-2-1-3-8-18)23-15-6-12-22(14-16-23)13-11-19-9-4-5-10-20(19)22/h1-5,7-10H,6,11-17H2. The summed E-state index contributed by atoms with van der Waals surface area (Å²) < 4.78 is 5.53. The van der Waals surface area contributed by atoms with Crippen LogP contribution in [0.3, 0.4) is 0 Å². The second-order valence-corrected chi connectivity index (χ2v) is 7.32. The summed E-state index contributed by atoms with van der Waals surface area (Å²) in [6.07, 6.45) is 5.49. The van der Waals surface area contributed by atoms with Gasteiger partial charge in [0.1, 0.15) is 6.61 Å². The summed E-state index contributed by atoms with van der Waals surface area (Å²) in [5.41, 5.74) is 4.33. The van der Waals surface area contributed by atoms with Gasteiger partial charge in [-0.05, 0) is 54.2 Å². The van der Waals surface area contributed by atoms with Gasteiger partial charge < -0.3 is 9.64 Å². The second kappa shape index (κ2) is 6.91. The Hall–Kier alpha value is -2.29. The Morgan fingerprint density at radius 1 is 0.960 bits per heavy atom. The Kier molecular flexibility index (Phi) is 4.48. The third-order valence-electron chi connectivity index (χ3n) is 5.87. The smallest absolute Gasteiger partial charge is 0.410 e. The van der Waals surface area contributed by atoms with Crippen LogP contribution >= 0.6 is 0 Å². The monoisotopic (exact) mass is 335 g/mol. The molecule has 0 N–H and O–H groups in total. The maximum atomic E-state index is 12.5. The van der Waals surface area contributed by atoms with E-state index >= 15 is 0 Å². The van der Waals surface area contributed by atoms with Gasteiger partial charge in [-0.25, -0.2) is 4.79 Å². The zero-order valence-electron chi connectivity index (χ0n) is 14.6. The highest BCUT2D eigenvalue weighted by atomic mass is 16.6. The molecule has 1 fully saturated rings. The predicted molar refractivity (Wildman–Crippen MR) is 98.5 cm³/mol. The number of carbonyl (C=O) groups is 1. The average Bonchev–Trinajstić information content (AvgIpc) is 2.87. The molecular weight excluding hydrogens is 310 g/mol. The lowest BCUT2D eigenvalue weighted by Gasteiger charge is -2.29. The third-order valence-corrected chi connectivity index (χ3v) is 5.87. The highest BCUT2D eigenvalue weighted by Crippen LogP contribution is 2.46. The summed E-state index contributed by atoms with van der Waals surface area (Å²) in [4.78, 5) is 14.4. The van der Waals surface area contributed by atoms with Crippen molar-refractivity contribution in [2.24, 2.45) is 0 Å². The molecule has 25 heavy (non-hydrogen) atoms. The van der Waals surface area contributed by atoms with Crippen molar-refractivity contribution < 1.29 is 9.53 Å². The highest BCUT2D eigenvalue weighted by Gasteiger charge is 2.40. The molecule has 1 unspecified atom stereocenters. The number of nitrogens with zero attached hydrogens (tertiary/aromatic N) is 1. The van der Waals surface area contributed by atoms with Crippen LogP contribution in [0.25, 0.3) is 0 Å². The molecule has 0 aromatic heterocycles. The largest absolute Gasteiger partial charge is 0.445 e. The molecule has 130 valence electrons. The van der Waals surface area contributed by atoms with E-state index in [1.54, 1.807) is 0 Å². The van der Waals surface area contributed by atoms with Crippen LogP contribution < -0.4 is 0 Å². The van der Waals surface area contributed by atoms with Gasteiger partial charge in [0.05, 0.1) is 0 Å². The molecule has 1 spiro atoms. The minimum Gasteiger partial charge on any atom is -0.445 e. The molecule has 1 aliphatic heterocycles. The van der Waals surface area contributed by atoms with Crippen molar-refractivity contribution in [3.8, 4) is 0 Å². The average molecular weight is 335 g/mol. The molecule has 4 rings (SSSR count). The van der Waals surface area contributed by atoms with Crippen molar-refractivity contribution in [2.75, 3.05) is 13.1 Å². The normalized spacial score (nSPS) is 22.5. The Morgan fingerprint density at radius 2 is 1.76 bits per heavy atom. The molecule has 1 amide bonds. The van der Waals surface area contributed by atoms with Crippen molar-refractivity contribution in [2.45, 2.75) is 44.1 Å². The van der Waals surface area contributed by atoms with E-state index in [-0.39, 0.29) is 11.5 Å². The van der Waals surface area contributed by atoms with Crippen LogP contribution in [0.1, 0.15) is 42.4 Å². The van der Waals surface area contributed by atoms with Gasteiger partial charge in [0.2, 0.25) is 0 Å². The van der Waals surface area contributed by atoms with Crippen molar-refractivity contribution in [1.82, 2.24) is 4.90 Å². The third kappa shape index (κ3) is 3.28. The van der Waals surface area contributed by atoms with Gasteiger partial charge in [0, 0.05) is 13.1 Å². The van der Waals surface area contributed by atoms with Crippen molar-refractivity contribution >= 4 is 6.09 Å². The van der Waals surface area contributed by atoms with E-state index in [9.17, 15) is 4.79 Å². The first kappa shape index (κ1) is 16.2. The van der Waals surface area contributed by atoms with Crippen LogP contribution in [0.15, 0.2) is 54.6 Å². The number of amides is 1. The Morgan fingerprint density at radius 3 is 2.64 bits per heavy atom. The van der Waals surface area contributed by atoms with E-state index in [1.807, 2.05) is 35.2 Å². The van der Waals surface area contributed by atoms with Gasteiger partial charge in [-0.15, -0.1) is 0 Å². The molecule has 2 aromatic rings. The molecule has 3 nitrogen and oxygen atoms in total. The quantitative estimate of drug-likeness (QED) is 0.796. The molecule has 0 saturated carbocycles. The molecule has 2 aliphatic rings. The number of hydrogen-bond acceptors (Lipinski definition) is 2. The van der Waals surface area contributed by atoms with E-state index in [2.05, 4.69) is 24.3 Å². The molecule has 1 aliphatic carbocycles. The molecule has 0 bridgehead atoms. The fourth-order valence-corrected chi connectivity index (χ4v) is 4.47. The number of fused-ring (bicyclic) bond motifs is 2. The highest BCUT2D eigenvalue weighted by molar-refractivity contribution is 5.67. The summed E-state index contributed by atoms with van der Waals surface area (Å²) in [6, 6.07) is 18.7. The van der Waals surface area contributed by atoms with E-state index in [1.165, 1.54) is 30.4 Å². The summed E-state index contributed by atoms with van der Waals surface area (Å²) >= 11 is 0. The zero-order chi connectivity index (χ0) is 17.1. The topological polar surface area (TPSA) is 29.5 Å². The molecule has 2 aromatic carbocycles. The number of likely N-dealkylation sites (tertiary alicyclic amines) is 1. The van der Waals surface area contributed by atoms with Gasteiger partial charge in [-0.2, -0.15) is 0 Å². The van der Waals surface area contributed by atoms with Crippen LogP contribution in [-0.4, -0.2) is 24.1 Å². The summed E-state index contributed by atoms with van der Waals surface area (Å²) in [5, 5.41) is 0. The van der Waals surface area contributed by atoms with Gasteiger partial charge in [0.25, 0.3) is 0 Å². The first-order valence-corrected chi connectivity index (χ1v) is 9.31. The first-order valence-electron chi connectivity index (χ1n) is 9.31. The van der Waals surface area contributed by atoms with Crippen molar-refractivity contribution in [3.05, 3.63) is 71.3 Å². The summed E-state index contributed by atoms with van der Waals surface area (Å²) in [6.45, 7) is 1.95. The fraction of sp³-hybridized carbons (Fsp3) is 0.409. The molecular formula is C22H25NO2. The number of rotatable bonds is 2. The Balaban J connectivity index is 1.39. The SMILES string of the molecule is O=C(OCc1ccccc1)N1CCCC2(CCc3ccccc32)CC1. The molecule has 1 saturated heterocycles. The van der Waals surface area contributed by atoms with Crippen LogP contribution in [0.5, 0.6) is 0 Å². The predicted octanol–water partition coefficient (Wildman–Crippen LogP) is 4.69. The number of hydrogen-bond donors (Lipinski definition) is 0. The maximum Gasteiger partial charge on any atom is 0.410 e. The maximum absolute atomic E-state index is 12.5. The molecule has 3 heteroatoms. The van der Waals surface area contributed by atoms with E-state index in [0.29, 0.717) is 6.61 Å². The first-order chi connectivity index (χ1) is 12.3. The van der Waals surface area contributed by atoms with Gasteiger partial charge in [-0.3, -0.25) is 0 Å². The van der Waals surface area contributed by atoms with Crippen molar-refractivity contribution in [1.29, 1.82) is 0 Å². The second-order valence-electron chi connectivity index (χ2n) is 7.32. The van der Waals surface area contributed by atoms with Crippen LogP contribution in [0.2, 0.25) is 0 Å². The van der Waals surface area contributed by atoms with Gasteiger partial charge in [0.15, 0.2) is 0 Å². The lowest BCUT2D eigenvalue weighted by molar-refractivity contribution is 0.0968. The van der Waals surface area contributed by atoms with Crippen LogP contribution in [0, 0.1) is 0 Å². The van der Waals surface area contributed by atoms with Gasteiger partial charge in [-0.1, -0.05) is 54.6 Å². The minimum absolute atomic E-state index is 0.174. The van der Waals surface area contributed by atoms with E-state index in [0.717, 1.165) is 31.5 Å². The zero-order valence-corrected chi connectivity index (χ0v) is 14.6. The Labute approximate surface area is 149 Å². The lowest BCUT2D eigenvalue weighted by Crippen LogP contribution is -2.33. The molecule has 1 atom stereocenters. The minimum atomic E-state index is -0.174. The number of benzene rings is 2. The summed E-state index contributed by atoms with van der Waals surface area (Å²) in [7, 11) is 0. The number of aryl methyl sites for hydroxylation is 1. The van der Waals surface area contributed by atoms with Crippen LogP contribution in [0.4, 0.5) is 4.79 Å². The van der Waals surface area contributed by atoms with E-state index in [4.69, 9.17) is 4.74 Å². The van der Waals surface area contributed by atoms with Gasteiger partial charge >= 0.3 is 6.09 Å². The van der Waals surface area contributed by atoms with E-state index < -0.39 is 0 Å². The Bertz CT molecular complexity index is 743. The number of carbonyl (C=O) groups excluding carboxylic acids is 1.